The molecule has 2 aliphatic rings. The van der Waals surface area contributed by atoms with Gasteiger partial charge in [-0.3, -0.25) is 20.2 Å². The van der Waals surface area contributed by atoms with Crippen LogP contribution in [0.5, 0.6) is 0 Å². The molecule has 3 rings (SSSR count). The third-order valence-electron chi connectivity index (χ3n) is 4.16. The molecule has 4 unspecified atom stereocenters. The fourth-order valence-electron chi connectivity index (χ4n) is 3.01. The van der Waals surface area contributed by atoms with Gasteiger partial charge in [-0.05, 0) is 12.5 Å². The molecular formula is C12H14N4O5. The molecule has 9 heteroatoms. The second-order valence-electron chi connectivity index (χ2n) is 5.25. The molecule has 1 saturated carbocycles. The monoisotopic (exact) mass is 294 g/mol. The number of nitro groups is 2. The van der Waals surface area contributed by atoms with Crippen molar-refractivity contribution in [3.63, 3.8) is 0 Å². The number of non-ortho nitro benzene ring substituents is 1. The summed E-state index contributed by atoms with van der Waals surface area (Å²) in [4.78, 5) is 20.5. The Hall–Kier alpha value is -2.26. The number of nitrogens with two attached hydrogens (primary N) is 1. The zero-order valence-corrected chi connectivity index (χ0v) is 11.0. The van der Waals surface area contributed by atoms with Gasteiger partial charge in [-0.15, -0.1) is 0 Å². The highest BCUT2D eigenvalue weighted by atomic mass is 16.6. The molecule has 1 aromatic carbocycles. The third kappa shape index (κ3) is 2.20. The van der Waals surface area contributed by atoms with Gasteiger partial charge in [-0.2, -0.15) is 0 Å². The minimum Gasteiger partial charge on any atom is -0.376 e. The molecule has 3 N–H and O–H groups in total. The number of benzene rings is 1. The van der Waals surface area contributed by atoms with Crippen molar-refractivity contribution in [2.24, 2.45) is 11.7 Å². The van der Waals surface area contributed by atoms with E-state index in [2.05, 4.69) is 5.32 Å². The van der Waals surface area contributed by atoms with Gasteiger partial charge in [0.25, 0.3) is 11.4 Å². The first-order valence-corrected chi connectivity index (χ1v) is 6.55. The van der Waals surface area contributed by atoms with Gasteiger partial charge in [0.2, 0.25) is 0 Å². The fourth-order valence-corrected chi connectivity index (χ4v) is 3.01. The minimum atomic E-state index is -0.665. The number of hydrogen-bond acceptors (Lipinski definition) is 7. The van der Waals surface area contributed by atoms with Crippen LogP contribution in [-0.4, -0.2) is 34.6 Å². The number of nitrogens with zero attached hydrogens (tertiary/aromatic N) is 2. The Balaban J connectivity index is 1.85. The maximum Gasteiger partial charge on any atom is 0.299 e. The molecule has 9 nitrogen and oxygen atoms in total. The lowest BCUT2D eigenvalue weighted by Gasteiger charge is -2.46. The Morgan fingerprint density at radius 1 is 1.29 bits per heavy atom. The Bertz CT molecular complexity index is 607. The smallest absolute Gasteiger partial charge is 0.299 e. The van der Waals surface area contributed by atoms with E-state index >= 15 is 0 Å². The number of hydrogen-bond donors (Lipinski definition) is 2. The van der Waals surface area contributed by atoms with Gasteiger partial charge in [0.1, 0.15) is 5.69 Å². The standard InChI is InChI=1S/C12H14N4O5/c13-10-7-3-4-21-12(7)11(10)14-8-2-1-6(15(17)18)5-9(8)16(19)20/h1-2,5,7,10-12,14H,3-4,13H2. The van der Waals surface area contributed by atoms with Crippen LogP contribution >= 0.6 is 0 Å². The van der Waals surface area contributed by atoms with E-state index in [1.54, 1.807) is 0 Å². The quantitative estimate of drug-likeness (QED) is 0.625. The molecule has 1 heterocycles. The Morgan fingerprint density at radius 2 is 2.05 bits per heavy atom. The van der Waals surface area contributed by atoms with E-state index in [0.717, 1.165) is 12.5 Å². The van der Waals surface area contributed by atoms with Crippen LogP contribution in [0.1, 0.15) is 6.42 Å². The largest absolute Gasteiger partial charge is 0.376 e. The molecule has 0 spiro atoms. The summed E-state index contributed by atoms with van der Waals surface area (Å²) in [6, 6.07) is 3.17. The normalized spacial score (nSPS) is 30.3. The van der Waals surface area contributed by atoms with Crippen molar-refractivity contribution >= 4 is 17.1 Å². The first-order chi connectivity index (χ1) is 9.99. The van der Waals surface area contributed by atoms with Crippen molar-refractivity contribution in [3.8, 4) is 0 Å². The van der Waals surface area contributed by atoms with Gasteiger partial charge in [-0.25, -0.2) is 0 Å². The summed E-state index contributed by atoms with van der Waals surface area (Å²) in [5.74, 6) is 0.277. The zero-order valence-electron chi connectivity index (χ0n) is 11.0. The van der Waals surface area contributed by atoms with Crippen molar-refractivity contribution in [3.05, 3.63) is 38.4 Å². The van der Waals surface area contributed by atoms with E-state index in [9.17, 15) is 20.2 Å². The van der Waals surface area contributed by atoms with E-state index in [1.165, 1.54) is 12.1 Å². The molecule has 112 valence electrons. The molecular weight excluding hydrogens is 280 g/mol. The molecule has 0 bridgehead atoms. The van der Waals surface area contributed by atoms with Gasteiger partial charge >= 0.3 is 0 Å². The maximum absolute atomic E-state index is 11.1. The van der Waals surface area contributed by atoms with Crippen molar-refractivity contribution in [2.45, 2.75) is 24.6 Å². The maximum atomic E-state index is 11.1. The summed E-state index contributed by atoms with van der Waals surface area (Å²) in [5.41, 5.74) is 5.61. The average molecular weight is 294 g/mol. The molecule has 0 aromatic heterocycles. The van der Waals surface area contributed by atoms with Crippen molar-refractivity contribution in [1.29, 1.82) is 0 Å². The van der Waals surface area contributed by atoms with Crippen molar-refractivity contribution < 1.29 is 14.6 Å². The molecule has 1 aromatic rings. The second-order valence-corrected chi connectivity index (χ2v) is 5.25. The average Bonchev–Trinajstić information content (AvgIpc) is 2.89. The Labute approximate surface area is 119 Å². The highest BCUT2D eigenvalue weighted by molar-refractivity contribution is 5.66. The van der Waals surface area contributed by atoms with Crippen LogP contribution < -0.4 is 11.1 Å². The van der Waals surface area contributed by atoms with Crippen LogP contribution in [0.15, 0.2) is 18.2 Å². The van der Waals surface area contributed by atoms with Crippen LogP contribution in [0.4, 0.5) is 17.1 Å². The molecule has 21 heavy (non-hydrogen) atoms. The first-order valence-electron chi connectivity index (χ1n) is 6.55. The Kier molecular flexibility index (Phi) is 3.22. The zero-order chi connectivity index (χ0) is 15.1. The topological polar surface area (TPSA) is 134 Å². The van der Waals surface area contributed by atoms with Crippen LogP contribution in [0.2, 0.25) is 0 Å². The molecule has 0 radical (unpaired) electrons. The summed E-state index contributed by atoms with van der Waals surface area (Å²) in [6.07, 6.45) is 0.849. The van der Waals surface area contributed by atoms with E-state index in [0.29, 0.717) is 6.61 Å². The van der Waals surface area contributed by atoms with Crippen LogP contribution in [0.3, 0.4) is 0 Å². The predicted octanol–water partition coefficient (Wildman–Crippen LogP) is 1.03. The number of rotatable bonds is 4. The van der Waals surface area contributed by atoms with Crippen LogP contribution in [-0.2, 0) is 4.74 Å². The van der Waals surface area contributed by atoms with Gasteiger partial charge in [0.05, 0.1) is 28.1 Å². The van der Waals surface area contributed by atoms with Gasteiger partial charge in [0.15, 0.2) is 0 Å². The summed E-state index contributed by atoms with van der Waals surface area (Å²) in [6.45, 7) is 0.642. The highest BCUT2D eigenvalue weighted by Crippen LogP contribution is 2.40. The molecule has 0 amide bonds. The summed E-state index contributed by atoms with van der Waals surface area (Å²) in [5, 5.41) is 24.8. The van der Waals surface area contributed by atoms with Crippen LogP contribution in [0, 0.1) is 26.1 Å². The predicted molar refractivity (Wildman–Crippen MR) is 73.0 cm³/mol. The van der Waals surface area contributed by atoms with Gasteiger partial charge < -0.3 is 15.8 Å². The van der Waals surface area contributed by atoms with E-state index in [-0.39, 0.29) is 41.2 Å². The number of nitrogens with one attached hydrogen (secondary N) is 1. The van der Waals surface area contributed by atoms with Gasteiger partial charge in [0, 0.05) is 24.6 Å². The second kappa shape index (κ2) is 4.93. The summed E-state index contributed by atoms with van der Waals surface area (Å²) in [7, 11) is 0. The van der Waals surface area contributed by atoms with E-state index in [4.69, 9.17) is 10.5 Å². The van der Waals surface area contributed by atoms with E-state index in [1.807, 2.05) is 0 Å². The highest BCUT2D eigenvalue weighted by Gasteiger charge is 2.52. The minimum absolute atomic E-state index is 0.0465. The summed E-state index contributed by atoms with van der Waals surface area (Å²) >= 11 is 0. The number of fused-ring (bicyclic) bond motifs is 1. The van der Waals surface area contributed by atoms with Crippen molar-refractivity contribution in [1.82, 2.24) is 0 Å². The number of nitro benzene ring substituents is 2. The molecule has 1 aliphatic carbocycles. The van der Waals surface area contributed by atoms with Crippen LogP contribution in [0.25, 0.3) is 0 Å². The molecule has 4 atom stereocenters. The number of anilines is 1. The first kappa shape index (κ1) is 13.7. The lowest BCUT2D eigenvalue weighted by Crippen LogP contribution is -2.65. The fraction of sp³-hybridized carbons (Fsp3) is 0.500. The molecule has 1 saturated heterocycles. The molecule has 2 fully saturated rings. The van der Waals surface area contributed by atoms with E-state index < -0.39 is 9.85 Å². The lowest BCUT2D eigenvalue weighted by atomic mass is 9.72. The SMILES string of the molecule is NC1C2CCOC2C1Nc1ccc([N+](=O)[O-])cc1[N+](=O)[O-]. The Morgan fingerprint density at radius 3 is 2.71 bits per heavy atom. The lowest BCUT2D eigenvalue weighted by molar-refractivity contribution is -0.393. The van der Waals surface area contributed by atoms with Crippen molar-refractivity contribution in [2.75, 3.05) is 11.9 Å². The van der Waals surface area contributed by atoms with Gasteiger partial charge in [-0.1, -0.05) is 0 Å². The summed E-state index contributed by atoms with van der Waals surface area (Å²) < 4.78 is 5.55. The molecule has 1 aliphatic heterocycles. The number of ether oxygens (including phenoxy) is 1. The third-order valence-corrected chi connectivity index (χ3v) is 4.16.